The van der Waals surface area contributed by atoms with E-state index in [-0.39, 0.29) is 0 Å². The van der Waals surface area contributed by atoms with Crippen LogP contribution in [0.2, 0.25) is 5.02 Å². The largest absolute Gasteiger partial charge is 0.367 e. The van der Waals surface area contributed by atoms with Crippen molar-refractivity contribution in [1.29, 1.82) is 0 Å². The number of guanidine groups is 1. The summed E-state index contributed by atoms with van der Waals surface area (Å²) in [5.74, 6) is 0.926. The second kappa shape index (κ2) is 9.63. The number of anilines is 1. The summed E-state index contributed by atoms with van der Waals surface area (Å²) in [4.78, 5) is 13.1. The third-order valence-electron chi connectivity index (χ3n) is 5.24. The maximum atomic E-state index is 6.36. The number of nitrogens with one attached hydrogen (secondary N) is 1. The maximum Gasteiger partial charge on any atom is 0.194 e. The summed E-state index contributed by atoms with van der Waals surface area (Å²) < 4.78 is 1.82. The number of halogens is 1. The van der Waals surface area contributed by atoms with Gasteiger partial charge in [0, 0.05) is 39.8 Å². The Hall–Kier alpha value is -3.06. The fraction of sp³-hybridized carbons (Fsp3) is 0.318. The van der Waals surface area contributed by atoms with Crippen molar-refractivity contribution < 1.29 is 0 Å². The van der Waals surface area contributed by atoms with Crippen LogP contribution in [0.15, 0.2) is 66.2 Å². The van der Waals surface area contributed by atoms with Gasteiger partial charge in [-0.3, -0.25) is 4.99 Å². The molecule has 0 saturated carbocycles. The lowest BCUT2D eigenvalue weighted by molar-refractivity contribution is 0.372. The van der Waals surface area contributed by atoms with E-state index in [1.165, 1.54) is 11.1 Å². The van der Waals surface area contributed by atoms with Crippen LogP contribution in [0.4, 0.5) is 5.69 Å². The molecule has 0 radical (unpaired) electrons. The summed E-state index contributed by atoms with van der Waals surface area (Å²) in [6, 6.07) is 16.5. The molecule has 1 saturated heterocycles. The fourth-order valence-electron chi connectivity index (χ4n) is 3.72. The van der Waals surface area contributed by atoms with Crippen molar-refractivity contribution in [1.82, 2.24) is 25.0 Å². The van der Waals surface area contributed by atoms with Gasteiger partial charge in [-0.05, 0) is 23.3 Å². The Bertz CT molecular complexity index is 979. The zero-order chi connectivity index (χ0) is 20.8. The highest BCUT2D eigenvalue weighted by molar-refractivity contribution is 6.33. The van der Waals surface area contributed by atoms with Gasteiger partial charge in [0.2, 0.25) is 0 Å². The monoisotopic (exact) mass is 423 g/mol. The fourth-order valence-corrected chi connectivity index (χ4v) is 3.98. The third kappa shape index (κ3) is 4.91. The number of hydrogen-bond acceptors (Lipinski definition) is 4. The molecule has 0 amide bonds. The standard InChI is InChI=1S/C22H26ClN7/c1-24-22(29-11-9-28(10-12-29)21-8-3-2-7-20(21)23)26-14-18-5-4-6-19(13-18)15-30-17-25-16-27-30/h2-8,13,16-17H,9-12,14-15H2,1H3,(H,24,26). The molecule has 1 N–H and O–H groups in total. The number of piperazine rings is 1. The molecule has 0 unspecified atom stereocenters. The van der Waals surface area contributed by atoms with E-state index in [1.807, 2.05) is 29.9 Å². The highest BCUT2D eigenvalue weighted by atomic mass is 35.5. The summed E-state index contributed by atoms with van der Waals surface area (Å²) >= 11 is 6.36. The number of hydrogen-bond donors (Lipinski definition) is 1. The molecular formula is C22H26ClN7. The highest BCUT2D eigenvalue weighted by Gasteiger charge is 2.20. The number of rotatable bonds is 5. The summed E-state index contributed by atoms with van der Waals surface area (Å²) in [6.45, 7) is 5.07. The molecule has 2 heterocycles. The Balaban J connectivity index is 1.32. The van der Waals surface area contributed by atoms with Crippen LogP contribution in [-0.4, -0.2) is 58.9 Å². The summed E-state index contributed by atoms with van der Waals surface area (Å²) in [5, 5.41) is 8.48. The van der Waals surface area contributed by atoms with E-state index in [4.69, 9.17) is 11.6 Å². The van der Waals surface area contributed by atoms with Crippen molar-refractivity contribution in [2.75, 3.05) is 38.1 Å². The minimum atomic E-state index is 0.715. The molecule has 0 spiro atoms. The molecule has 156 valence electrons. The lowest BCUT2D eigenvalue weighted by Gasteiger charge is -2.38. The Kier molecular flexibility index (Phi) is 6.49. The zero-order valence-electron chi connectivity index (χ0n) is 17.1. The van der Waals surface area contributed by atoms with Crippen molar-refractivity contribution in [2.24, 2.45) is 4.99 Å². The molecule has 8 heteroatoms. The second-order valence-corrected chi connectivity index (χ2v) is 7.65. The van der Waals surface area contributed by atoms with Crippen molar-refractivity contribution >= 4 is 23.2 Å². The lowest BCUT2D eigenvalue weighted by atomic mass is 10.1. The molecule has 7 nitrogen and oxygen atoms in total. The molecule has 0 aliphatic carbocycles. The number of aromatic nitrogens is 3. The SMILES string of the molecule is CN=C(NCc1cccc(Cn2cncn2)c1)N1CCN(c2ccccc2Cl)CC1. The van der Waals surface area contributed by atoms with Gasteiger partial charge in [0.1, 0.15) is 12.7 Å². The van der Waals surface area contributed by atoms with Crippen LogP contribution in [0.1, 0.15) is 11.1 Å². The number of nitrogens with zero attached hydrogens (tertiary/aromatic N) is 6. The van der Waals surface area contributed by atoms with Crippen LogP contribution < -0.4 is 10.2 Å². The molecule has 1 aliphatic rings. The third-order valence-corrected chi connectivity index (χ3v) is 5.56. The molecule has 3 aromatic rings. The minimum Gasteiger partial charge on any atom is -0.367 e. The van der Waals surface area contributed by atoms with Crippen LogP contribution in [0.5, 0.6) is 0 Å². The van der Waals surface area contributed by atoms with Gasteiger partial charge in [-0.1, -0.05) is 48.0 Å². The molecule has 1 aromatic heterocycles. The van der Waals surface area contributed by atoms with E-state index >= 15 is 0 Å². The van der Waals surface area contributed by atoms with Gasteiger partial charge >= 0.3 is 0 Å². The van der Waals surface area contributed by atoms with Crippen molar-refractivity contribution in [2.45, 2.75) is 13.1 Å². The van der Waals surface area contributed by atoms with Crippen molar-refractivity contribution in [3.8, 4) is 0 Å². The Labute approximate surface area is 182 Å². The van der Waals surface area contributed by atoms with Gasteiger partial charge in [0.15, 0.2) is 5.96 Å². The maximum absolute atomic E-state index is 6.36. The van der Waals surface area contributed by atoms with Crippen LogP contribution in [0.3, 0.4) is 0 Å². The summed E-state index contributed by atoms with van der Waals surface area (Å²) in [5.41, 5.74) is 3.51. The minimum absolute atomic E-state index is 0.715. The number of aliphatic imine (C=N–C) groups is 1. The smallest absolute Gasteiger partial charge is 0.194 e. The Morgan fingerprint density at radius 2 is 1.87 bits per heavy atom. The van der Waals surface area contributed by atoms with E-state index < -0.39 is 0 Å². The summed E-state index contributed by atoms with van der Waals surface area (Å²) in [6.07, 6.45) is 3.29. The normalized spacial score (nSPS) is 14.8. The highest BCUT2D eigenvalue weighted by Crippen LogP contribution is 2.26. The van der Waals surface area contributed by atoms with Gasteiger partial charge in [0.25, 0.3) is 0 Å². The van der Waals surface area contributed by atoms with Crippen molar-refractivity contribution in [3.05, 3.63) is 77.3 Å². The molecule has 4 rings (SSSR count). The van der Waals surface area contributed by atoms with E-state index in [2.05, 4.69) is 60.5 Å². The summed E-state index contributed by atoms with van der Waals surface area (Å²) in [7, 11) is 1.84. The molecule has 0 atom stereocenters. The predicted octanol–water partition coefficient (Wildman–Crippen LogP) is 2.88. The molecule has 2 aromatic carbocycles. The number of para-hydroxylation sites is 1. The first-order valence-corrected chi connectivity index (χ1v) is 10.5. The zero-order valence-corrected chi connectivity index (χ0v) is 17.8. The average molecular weight is 424 g/mol. The first kappa shape index (κ1) is 20.2. The molecule has 30 heavy (non-hydrogen) atoms. The second-order valence-electron chi connectivity index (χ2n) is 7.24. The molecule has 0 bridgehead atoms. The van der Waals surface area contributed by atoms with Gasteiger partial charge in [-0.15, -0.1) is 0 Å². The van der Waals surface area contributed by atoms with Gasteiger partial charge in [0.05, 0.1) is 17.3 Å². The van der Waals surface area contributed by atoms with Gasteiger partial charge in [-0.25, -0.2) is 9.67 Å². The van der Waals surface area contributed by atoms with Crippen LogP contribution in [0.25, 0.3) is 0 Å². The Morgan fingerprint density at radius 3 is 2.60 bits per heavy atom. The van der Waals surface area contributed by atoms with E-state index in [0.717, 1.165) is 49.4 Å². The predicted molar refractivity (Wildman–Crippen MR) is 121 cm³/mol. The topological polar surface area (TPSA) is 61.6 Å². The van der Waals surface area contributed by atoms with E-state index in [9.17, 15) is 0 Å². The van der Waals surface area contributed by atoms with Crippen LogP contribution in [-0.2, 0) is 13.1 Å². The van der Waals surface area contributed by atoms with Gasteiger partial charge < -0.3 is 15.1 Å². The van der Waals surface area contributed by atoms with Gasteiger partial charge in [-0.2, -0.15) is 5.10 Å². The van der Waals surface area contributed by atoms with Crippen LogP contribution in [0, 0.1) is 0 Å². The lowest BCUT2D eigenvalue weighted by Crippen LogP contribution is -2.52. The first-order valence-electron chi connectivity index (χ1n) is 10.1. The molecular weight excluding hydrogens is 398 g/mol. The van der Waals surface area contributed by atoms with Crippen LogP contribution >= 0.6 is 11.6 Å². The first-order chi connectivity index (χ1) is 14.7. The van der Waals surface area contributed by atoms with E-state index in [1.54, 1.807) is 12.7 Å². The Morgan fingerprint density at radius 1 is 1.07 bits per heavy atom. The van der Waals surface area contributed by atoms with Crippen molar-refractivity contribution in [3.63, 3.8) is 0 Å². The average Bonchev–Trinajstić information content (AvgIpc) is 3.28. The molecule has 1 fully saturated rings. The van der Waals surface area contributed by atoms with E-state index in [0.29, 0.717) is 6.54 Å². The quantitative estimate of drug-likeness (QED) is 0.505. The number of benzene rings is 2. The molecule has 1 aliphatic heterocycles.